The number of likely N-dealkylation sites (N-methyl/N-ethyl adjacent to an activating group) is 2. The lowest BCUT2D eigenvalue weighted by Crippen LogP contribution is -2.44. The second-order valence-corrected chi connectivity index (χ2v) is 8.79. The number of unbranched alkanes of at least 4 members (excludes halogenated alkanes) is 1. The van der Waals surface area contributed by atoms with Gasteiger partial charge < -0.3 is 26.0 Å². The van der Waals surface area contributed by atoms with Crippen molar-refractivity contribution in [3.8, 4) is 5.75 Å². The molecular weight excluding hydrogens is 500 g/mol. The number of hydrogen-bond donors (Lipinski definition) is 4. The van der Waals surface area contributed by atoms with Crippen LogP contribution in [0.1, 0.15) is 34.3 Å². The van der Waals surface area contributed by atoms with Gasteiger partial charge >= 0.3 is 0 Å². The number of aryl methyl sites for hydroxylation is 1. The zero-order chi connectivity index (χ0) is 24.9. The molecule has 0 saturated heterocycles. The van der Waals surface area contributed by atoms with Gasteiger partial charge in [0.05, 0.1) is 24.8 Å². The molecule has 1 unspecified atom stereocenters. The van der Waals surface area contributed by atoms with Gasteiger partial charge in [-0.3, -0.25) is 14.4 Å². The van der Waals surface area contributed by atoms with Crippen molar-refractivity contribution in [3.63, 3.8) is 0 Å². The number of amides is 3. The van der Waals surface area contributed by atoms with E-state index in [1.54, 1.807) is 25.2 Å². The maximum absolute atomic E-state index is 12.5. The monoisotopic (exact) mass is 532 g/mol. The minimum absolute atomic E-state index is 0.0352. The van der Waals surface area contributed by atoms with Crippen LogP contribution in [-0.2, 0) is 16.0 Å². The van der Waals surface area contributed by atoms with E-state index in [1.165, 1.54) is 12.6 Å². The summed E-state index contributed by atoms with van der Waals surface area (Å²) in [4.78, 5) is 36.3. The molecule has 2 aromatic rings. The van der Waals surface area contributed by atoms with Crippen molar-refractivity contribution in [3.05, 3.63) is 63.6 Å². The Morgan fingerprint density at radius 3 is 2.41 bits per heavy atom. The Bertz CT molecular complexity index is 966. The van der Waals surface area contributed by atoms with Gasteiger partial charge in [0.15, 0.2) is 0 Å². The van der Waals surface area contributed by atoms with Gasteiger partial charge in [-0.15, -0.1) is 0 Å². The van der Waals surface area contributed by atoms with Gasteiger partial charge in [0.25, 0.3) is 5.91 Å². The molecule has 34 heavy (non-hydrogen) atoms. The zero-order valence-corrected chi connectivity index (χ0v) is 21.5. The number of carbonyl (C=O) groups is 3. The van der Waals surface area contributed by atoms with Crippen LogP contribution >= 0.6 is 15.9 Å². The Balaban J connectivity index is 1.76. The Morgan fingerprint density at radius 1 is 1.00 bits per heavy atom. The van der Waals surface area contributed by atoms with Gasteiger partial charge in [-0.05, 0) is 57.0 Å². The SMILES string of the molecule is CNC(=O)CNC(=O)c1cc(Br)ccc1OCCCCNC(=O)C(Cc1ccc(C)cc1)NC. The predicted molar refractivity (Wildman–Crippen MR) is 136 cm³/mol. The van der Waals surface area contributed by atoms with Crippen LogP contribution < -0.4 is 26.0 Å². The Labute approximate surface area is 209 Å². The van der Waals surface area contributed by atoms with E-state index in [2.05, 4.69) is 37.2 Å². The van der Waals surface area contributed by atoms with E-state index >= 15 is 0 Å². The number of rotatable bonds is 13. The summed E-state index contributed by atoms with van der Waals surface area (Å²) in [6, 6.07) is 13.0. The lowest BCUT2D eigenvalue weighted by molar-refractivity contribution is -0.123. The van der Waals surface area contributed by atoms with Gasteiger partial charge in [0.1, 0.15) is 5.75 Å². The molecule has 0 bridgehead atoms. The van der Waals surface area contributed by atoms with Crippen LogP contribution in [0.5, 0.6) is 5.75 Å². The van der Waals surface area contributed by atoms with Gasteiger partial charge in [-0.1, -0.05) is 45.8 Å². The number of halogens is 1. The summed E-state index contributed by atoms with van der Waals surface area (Å²) >= 11 is 3.36. The fraction of sp³-hybridized carbons (Fsp3) is 0.400. The topological polar surface area (TPSA) is 109 Å². The molecule has 8 nitrogen and oxygen atoms in total. The molecule has 184 valence electrons. The van der Waals surface area contributed by atoms with Crippen molar-refractivity contribution >= 4 is 33.7 Å². The fourth-order valence-electron chi connectivity index (χ4n) is 3.18. The summed E-state index contributed by atoms with van der Waals surface area (Å²) < 4.78 is 6.54. The largest absolute Gasteiger partial charge is 0.493 e. The van der Waals surface area contributed by atoms with Crippen molar-refractivity contribution in [2.45, 2.75) is 32.2 Å². The summed E-state index contributed by atoms with van der Waals surface area (Å²) in [7, 11) is 3.29. The van der Waals surface area contributed by atoms with Crippen LogP contribution in [0.2, 0.25) is 0 Å². The molecule has 0 fully saturated rings. The van der Waals surface area contributed by atoms with Crippen LogP contribution in [0, 0.1) is 6.92 Å². The third-order valence-electron chi connectivity index (χ3n) is 5.23. The lowest BCUT2D eigenvalue weighted by atomic mass is 10.0. The van der Waals surface area contributed by atoms with Gasteiger partial charge in [-0.25, -0.2) is 0 Å². The molecule has 9 heteroatoms. The summed E-state index contributed by atoms with van der Waals surface area (Å²) in [5.41, 5.74) is 2.65. The maximum atomic E-state index is 12.5. The number of ether oxygens (including phenoxy) is 1. The van der Waals surface area contributed by atoms with Crippen molar-refractivity contribution in [2.75, 3.05) is 33.8 Å². The molecular formula is C25H33BrN4O4. The Hall–Kier alpha value is -2.91. The van der Waals surface area contributed by atoms with Crippen LogP contribution in [0.3, 0.4) is 0 Å². The molecule has 0 aliphatic heterocycles. The Kier molecular flexibility index (Phi) is 11.6. The average Bonchev–Trinajstić information content (AvgIpc) is 2.84. The van der Waals surface area contributed by atoms with E-state index < -0.39 is 0 Å². The first-order valence-electron chi connectivity index (χ1n) is 11.3. The van der Waals surface area contributed by atoms with Crippen LogP contribution in [0.4, 0.5) is 0 Å². The predicted octanol–water partition coefficient (Wildman–Crippen LogP) is 2.34. The highest BCUT2D eigenvalue weighted by molar-refractivity contribution is 9.10. The highest BCUT2D eigenvalue weighted by Crippen LogP contribution is 2.23. The first-order chi connectivity index (χ1) is 16.3. The van der Waals surface area contributed by atoms with Crippen LogP contribution in [0.25, 0.3) is 0 Å². The standard InChI is InChI=1S/C25H33BrN4O4/c1-17-6-8-18(9-7-17)14-21(27-2)25(33)29-12-4-5-13-34-22-11-10-19(26)15-20(22)24(32)30-16-23(31)28-3/h6-11,15,21,27H,4-5,12-14,16H2,1-3H3,(H,28,31)(H,29,33)(H,30,32). The lowest BCUT2D eigenvalue weighted by Gasteiger charge is -2.16. The summed E-state index contributed by atoms with van der Waals surface area (Å²) in [6.45, 7) is 2.86. The van der Waals surface area contributed by atoms with E-state index in [9.17, 15) is 14.4 Å². The second-order valence-electron chi connectivity index (χ2n) is 7.87. The average molecular weight is 533 g/mol. The van der Waals surface area contributed by atoms with Gasteiger partial charge in [0, 0.05) is 18.1 Å². The first-order valence-corrected chi connectivity index (χ1v) is 12.0. The van der Waals surface area contributed by atoms with Crippen molar-refractivity contribution in [1.29, 1.82) is 0 Å². The van der Waals surface area contributed by atoms with E-state index in [4.69, 9.17) is 4.74 Å². The molecule has 4 N–H and O–H groups in total. The molecule has 0 radical (unpaired) electrons. The molecule has 0 heterocycles. The van der Waals surface area contributed by atoms with Crippen molar-refractivity contribution < 1.29 is 19.1 Å². The zero-order valence-electron chi connectivity index (χ0n) is 19.9. The summed E-state index contributed by atoms with van der Waals surface area (Å²) in [6.07, 6.45) is 2.07. The molecule has 0 aromatic heterocycles. The summed E-state index contributed by atoms with van der Waals surface area (Å²) in [5.74, 6) is -0.270. The molecule has 0 spiro atoms. The van der Waals surface area contributed by atoms with Crippen LogP contribution in [-0.4, -0.2) is 57.6 Å². The molecule has 0 saturated carbocycles. The van der Waals surface area contributed by atoms with Gasteiger partial charge in [-0.2, -0.15) is 0 Å². The first kappa shape index (κ1) is 27.3. The fourth-order valence-corrected chi connectivity index (χ4v) is 3.54. The minimum Gasteiger partial charge on any atom is -0.493 e. The maximum Gasteiger partial charge on any atom is 0.255 e. The molecule has 0 aliphatic carbocycles. The molecule has 0 aliphatic rings. The summed E-state index contributed by atoms with van der Waals surface area (Å²) in [5, 5.41) is 11.1. The highest BCUT2D eigenvalue weighted by Gasteiger charge is 2.17. The van der Waals surface area contributed by atoms with E-state index in [1.807, 2.05) is 31.2 Å². The van der Waals surface area contributed by atoms with E-state index in [0.717, 1.165) is 16.5 Å². The van der Waals surface area contributed by atoms with Gasteiger partial charge in [0.2, 0.25) is 11.8 Å². The molecule has 3 amide bonds. The molecule has 2 aromatic carbocycles. The number of hydrogen-bond acceptors (Lipinski definition) is 5. The minimum atomic E-state index is -0.390. The number of benzene rings is 2. The third-order valence-corrected chi connectivity index (χ3v) is 5.72. The number of nitrogens with one attached hydrogen (secondary N) is 4. The van der Waals surface area contributed by atoms with E-state index in [0.29, 0.717) is 37.3 Å². The third kappa shape index (κ3) is 9.15. The van der Waals surface area contributed by atoms with Crippen LogP contribution in [0.15, 0.2) is 46.9 Å². The quantitative estimate of drug-likeness (QED) is 0.296. The van der Waals surface area contributed by atoms with Crippen molar-refractivity contribution in [1.82, 2.24) is 21.3 Å². The number of carbonyl (C=O) groups excluding carboxylic acids is 3. The highest BCUT2D eigenvalue weighted by atomic mass is 79.9. The molecule has 1 atom stereocenters. The normalized spacial score (nSPS) is 11.4. The Morgan fingerprint density at radius 2 is 1.74 bits per heavy atom. The smallest absolute Gasteiger partial charge is 0.255 e. The second kappa shape index (κ2) is 14.4. The van der Waals surface area contributed by atoms with Crippen molar-refractivity contribution in [2.24, 2.45) is 0 Å². The van der Waals surface area contributed by atoms with E-state index in [-0.39, 0.29) is 30.3 Å². The molecule has 2 rings (SSSR count).